The summed E-state index contributed by atoms with van der Waals surface area (Å²) in [5, 5.41) is 0. The third-order valence-corrected chi connectivity index (χ3v) is 8.11. The van der Waals surface area contributed by atoms with Crippen LogP contribution in [0.5, 0.6) is 5.75 Å². The van der Waals surface area contributed by atoms with E-state index in [-0.39, 0.29) is 25.0 Å². The first kappa shape index (κ1) is 33.7. The fourth-order valence-corrected chi connectivity index (χ4v) is 5.66. The number of rotatable bonds is 14. The highest BCUT2D eigenvalue weighted by Crippen LogP contribution is 2.35. The Kier molecular flexibility index (Phi) is 12.9. The molecule has 1 saturated carbocycles. The molecular weight excluding hydrogens is 556 g/mol. The predicted octanol–water partition coefficient (Wildman–Crippen LogP) is 8.08. The van der Waals surface area contributed by atoms with Gasteiger partial charge in [-0.2, -0.15) is 0 Å². The van der Waals surface area contributed by atoms with Gasteiger partial charge in [0.05, 0.1) is 13.2 Å². The van der Waals surface area contributed by atoms with E-state index in [1.807, 2.05) is 76.2 Å². The van der Waals surface area contributed by atoms with Gasteiger partial charge in [-0.3, -0.25) is 0 Å². The summed E-state index contributed by atoms with van der Waals surface area (Å²) in [7, 11) is 0. The van der Waals surface area contributed by atoms with E-state index in [0.717, 1.165) is 22.8 Å². The molecule has 44 heavy (non-hydrogen) atoms. The molecule has 4 rings (SSSR count). The van der Waals surface area contributed by atoms with Crippen molar-refractivity contribution >= 4 is 11.9 Å². The summed E-state index contributed by atoms with van der Waals surface area (Å²) < 4.78 is 28.5. The Labute approximate surface area is 263 Å². The Bertz CT molecular complexity index is 1160. The molecule has 0 N–H and O–H groups in total. The van der Waals surface area contributed by atoms with Crippen molar-refractivity contribution in [1.82, 2.24) is 0 Å². The maximum atomic E-state index is 12.8. The topological polar surface area (TPSA) is 80.3 Å². The number of hydrogen-bond donors (Lipinski definition) is 0. The van der Waals surface area contributed by atoms with Crippen LogP contribution in [0.1, 0.15) is 85.0 Å². The van der Waals surface area contributed by atoms with Crippen molar-refractivity contribution in [2.75, 3.05) is 19.8 Å². The lowest BCUT2D eigenvalue weighted by Gasteiger charge is -2.26. The molecule has 0 bridgehead atoms. The Morgan fingerprint density at radius 3 is 1.82 bits per heavy atom. The molecule has 0 spiro atoms. The van der Waals surface area contributed by atoms with Crippen LogP contribution in [0, 0.1) is 23.7 Å². The van der Waals surface area contributed by atoms with E-state index in [2.05, 4.69) is 19.1 Å². The van der Waals surface area contributed by atoms with Gasteiger partial charge in [0.25, 0.3) is 0 Å². The van der Waals surface area contributed by atoms with Gasteiger partial charge in [0.1, 0.15) is 12.4 Å². The monoisotopic (exact) mass is 606 g/mol. The van der Waals surface area contributed by atoms with Crippen molar-refractivity contribution in [2.24, 2.45) is 23.7 Å². The molecule has 7 heteroatoms. The summed E-state index contributed by atoms with van der Waals surface area (Å²) in [6.45, 7) is 11.1. The zero-order valence-corrected chi connectivity index (χ0v) is 27.0. The maximum absolute atomic E-state index is 12.8. The van der Waals surface area contributed by atoms with E-state index in [9.17, 15) is 9.59 Å². The first-order valence-corrected chi connectivity index (χ1v) is 16.4. The molecule has 1 aliphatic heterocycles. The van der Waals surface area contributed by atoms with Crippen LogP contribution in [0.15, 0.2) is 60.7 Å². The van der Waals surface area contributed by atoms with E-state index in [0.29, 0.717) is 18.1 Å². The van der Waals surface area contributed by atoms with Gasteiger partial charge >= 0.3 is 11.9 Å². The summed E-state index contributed by atoms with van der Waals surface area (Å²) in [6.07, 6.45) is 9.19. The molecule has 2 aromatic rings. The van der Waals surface area contributed by atoms with Crippen molar-refractivity contribution in [3.05, 3.63) is 66.2 Å². The van der Waals surface area contributed by atoms with Gasteiger partial charge in [0.2, 0.25) is 0 Å². The first-order valence-electron chi connectivity index (χ1n) is 16.4. The summed E-state index contributed by atoms with van der Waals surface area (Å²) in [5.74, 6) is 1.49. The molecule has 2 fully saturated rings. The van der Waals surface area contributed by atoms with Crippen LogP contribution < -0.4 is 4.74 Å². The number of hydrogen-bond acceptors (Lipinski definition) is 7. The summed E-state index contributed by atoms with van der Waals surface area (Å²) in [4.78, 5) is 25.6. The van der Waals surface area contributed by atoms with E-state index in [1.54, 1.807) is 0 Å². The highest BCUT2D eigenvalue weighted by molar-refractivity contribution is 5.86. The quantitative estimate of drug-likeness (QED) is 0.159. The van der Waals surface area contributed by atoms with Crippen LogP contribution in [0.4, 0.5) is 0 Å². The maximum Gasteiger partial charge on any atom is 0.338 e. The average molecular weight is 607 g/mol. The molecule has 2 atom stereocenters. The number of carbonyl (C=O) groups is 2. The van der Waals surface area contributed by atoms with E-state index in [1.165, 1.54) is 38.5 Å². The van der Waals surface area contributed by atoms with Crippen molar-refractivity contribution in [3.8, 4) is 16.9 Å². The SMILES string of the molecule is CCC[C@H]1CC[C@H](/C=C/COc2ccc(-c3ccc(C4O[C@@H](C(=O)OCC(C)C)[C@H](C(=O)OCC(C)C)O4)cc3)cc2)CC1. The molecular formula is C37H50O7. The fourth-order valence-electron chi connectivity index (χ4n) is 5.66. The highest BCUT2D eigenvalue weighted by Gasteiger charge is 2.47. The number of esters is 2. The van der Waals surface area contributed by atoms with E-state index < -0.39 is 30.4 Å². The lowest BCUT2D eigenvalue weighted by atomic mass is 9.80. The van der Waals surface area contributed by atoms with Gasteiger partial charge in [0, 0.05) is 5.56 Å². The number of allylic oxidation sites excluding steroid dienone is 1. The second kappa shape index (κ2) is 16.8. The van der Waals surface area contributed by atoms with Crippen molar-refractivity contribution in [1.29, 1.82) is 0 Å². The smallest absolute Gasteiger partial charge is 0.338 e. The Balaban J connectivity index is 1.31. The predicted molar refractivity (Wildman–Crippen MR) is 171 cm³/mol. The highest BCUT2D eigenvalue weighted by atomic mass is 16.8. The molecule has 240 valence electrons. The van der Waals surface area contributed by atoms with Crippen molar-refractivity contribution in [2.45, 2.75) is 91.6 Å². The molecule has 1 saturated heterocycles. The normalized spacial score (nSPS) is 22.5. The second-order valence-electron chi connectivity index (χ2n) is 12.9. The van der Waals surface area contributed by atoms with Crippen LogP contribution >= 0.6 is 0 Å². The minimum Gasteiger partial charge on any atom is -0.490 e. The van der Waals surface area contributed by atoms with E-state index in [4.69, 9.17) is 23.7 Å². The summed E-state index contributed by atoms with van der Waals surface area (Å²) in [5.41, 5.74) is 2.75. The largest absolute Gasteiger partial charge is 0.490 e. The molecule has 0 aromatic heterocycles. The third-order valence-electron chi connectivity index (χ3n) is 8.11. The molecule has 2 aromatic carbocycles. The minimum absolute atomic E-state index is 0.151. The average Bonchev–Trinajstić information content (AvgIpc) is 3.48. The zero-order chi connectivity index (χ0) is 31.5. The molecule has 1 heterocycles. The summed E-state index contributed by atoms with van der Waals surface area (Å²) >= 11 is 0. The van der Waals surface area contributed by atoms with Crippen LogP contribution in [0.2, 0.25) is 0 Å². The third kappa shape index (κ3) is 9.93. The van der Waals surface area contributed by atoms with Crippen molar-refractivity contribution in [3.63, 3.8) is 0 Å². The minimum atomic E-state index is -1.19. The van der Waals surface area contributed by atoms with Crippen LogP contribution in [-0.4, -0.2) is 44.0 Å². The van der Waals surface area contributed by atoms with Gasteiger partial charge < -0.3 is 23.7 Å². The lowest BCUT2D eigenvalue weighted by molar-refractivity contribution is -0.164. The van der Waals surface area contributed by atoms with Crippen molar-refractivity contribution < 1.29 is 33.3 Å². The zero-order valence-electron chi connectivity index (χ0n) is 27.0. The lowest BCUT2D eigenvalue weighted by Crippen LogP contribution is -2.40. The second-order valence-corrected chi connectivity index (χ2v) is 12.9. The molecule has 0 amide bonds. The van der Waals surface area contributed by atoms with Crippen LogP contribution in [0.25, 0.3) is 11.1 Å². The fraction of sp³-hybridized carbons (Fsp3) is 0.568. The molecule has 0 radical (unpaired) electrons. The van der Waals surface area contributed by atoms with Gasteiger partial charge in [0.15, 0.2) is 18.5 Å². The molecule has 7 nitrogen and oxygen atoms in total. The van der Waals surface area contributed by atoms with Gasteiger partial charge in [-0.1, -0.05) is 96.0 Å². The number of ether oxygens (including phenoxy) is 5. The molecule has 1 aliphatic carbocycles. The van der Waals surface area contributed by atoms with Gasteiger partial charge in [-0.05, 0) is 72.6 Å². The summed E-state index contributed by atoms with van der Waals surface area (Å²) in [6, 6.07) is 15.7. The number of carbonyl (C=O) groups excluding carboxylic acids is 2. The van der Waals surface area contributed by atoms with Gasteiger partial charge in [-0.15, -0.1) is 0 Å². The Morgan fingerprint density at radius 1 is 0.795 bits per heavy atom. The van der Waals surface area contributed by atoms with Gasteiger partial charge in [-0.25, -0.2) is 9.59 Å². The molecule has 0 unspecified atom stereocenters. The Hall–Kier alpha value is -3.16. The Morgan fingerprint density at radius 2 is 1.32 bits per heavy atom. The standard InChI is InChI=1S/C37H50O7/c1-6-8-27-10-12-28(13-11-27)9-7-22-40-32-20-18-30(19-21-32)29-14-16-31(17-15-29)37-43-33(35(38)41-23-25(2)3)34(44-37)36(39)42-24-26(4)5/h7,9,14-21,25-28,33-34,37H,6,8,10-13,22-24H2,1-5H3/b9-7+/t27-,28-,33-,34-/m1/s1. The van der Waals surface area contributed by atoms with E-state index >= 15 is 0 Å². The number of benzene rings is 2. The first-order chi connectivity index (χ1) is 21.2. The molecule has 2 aliphatic rings. The van der Waals surface area contributed by atoms with Crippen LogP contribution in [-0.2, 0) is 28.5 Å². The van der Waals surface area contributed by atoms with Crippen LogP contribution in [0.3, 0.4) is 0 Å².